The van der Waals surface area contributed by atoms with Crippen molar-refractivity contribution >= 4 is 45.8 Å². The Morgan fingerprint density at radius 1 is 1.42 bits per heavy atom. The maximum Gasteiger partial charge on any atom is 0.230 e. The number of amides is 2. The predicted molar refractivity (Wildman–Crippen MR) is 101 cm³/mol. The molecule has 0 radical (unpaired) electrons. The number of nitrogens with zero attached hydrogens (tertiary/aromatic N) is 1. The van der Waals surface area contributed by atoms with Crippen LogP contribution in [0.4, 0.5) is 5.69 Å². The molecule has 0 spiro atoms. The fourth-order valence-corrected chi connectivity index (χ4v) is 4.07. The summed E-state index contributed by atoms with van der Waals surface area (Å²) in [4.78, 5) is 25.7. The van der Waals surface area contributed by atoms with Crippen LogP contribution in [-0.4, -0.2) is 39.9 Å². The van der Waals surface area contributed by atoms with Crippen LogP contribution in [0.1, 0.15) is 36.9 Å². The summed E-state index contributed by atoms with van der Waals surface area (Å²) in [5.41, 5.74) is 2.86. The first kappa shape index (κ1) is 17.2. The van der Waals surface area contributed by atoms with E-state index in [0.29, 0.717) is 12.2 Å². The van der Waals surface area contributed by atoms with Crippen molar-refractivity contribution in [2.45, 2.75) is 32.2 Å². The van der Waals surface area contributed by atoms with E-state index in [4.69, 9.17) is 12.2 Å². The summed E-state index contributed by atoms with van der Waals surface area (Å²) in [6, 6.07) is 5.73. The van der Waals surface area contributed by atoms with E-state index in [9.17, 15) is 9.59 Å². The predicted octanol–water partition coefficient (Wildman–Crippen LogP) is 2.47. The van der Waals surface area contributed by atoms with Crippen LogP contribution in [-0.2, 0) is 16.0 Å². The number of benzene rings is 1. The Bertz CT molecular complexity index is 672. The average molecular weight is 364 g/mol. The number of rotatable bonds is 4. The highest BCUT2D eigenvalue weighted by Crippen LogP contribution is 2.26. The second-order valence-electron chi connectivity index (χ2n) is 6.18. The first-order valence-corrected chi connectivity index (χ1v) is 9.56. The number of carbonyl (C=O) groups is 2. The number of likely N-dealkylation sites (tertiary alicyclic amines) is 1. The van der Waals surface area contributed by atoms with Gasteiger partial charge in [0.05, 0.1) is 18.2 Å². The Kier molecular flexibility index (Phi) is 5.40. The van der Waals surface area contributed by atoms with Crippen molar-refractivity contribution < 1.29 is 9.59 Å². The van der Waals surface area contributed by atoms with Crippen LogP contribution in [0.25, 0.3) is 0 Å². The summed E-state index contributed by atoms with van der Waals surface area (Å²) in [6.07, 6.45) is 2.77. The summed E-state index contributed by atoms with van der Waals surface area (Å²) < 4.78 is 0.817. The maximum atomic E-state index is 12.2. The molecular weight excluding hydrogens is 342 g/mol. The van der Waals surface area contributed by atoms with Gasteiger partial charge in [-0.05, 0) is 37.0 Å². The van der Waals surface area contributed by atoms with E-state index >= 15 is 0 Å². The summed E-state index contributed by atoms with van der Waals surface area (Å²) >= 11 is 6.80. The number of hydrogen-bond donors (Lipinski definition) is 2. The smallest absolute Gasteiger partial charge is 0.230 e. The van der Waals surface area contributed by atoms with E-state index in [2.05, 4.69) is 15.5 Å². The number of anilines is 1. The molecule has 0 aromatic heterocycles. The lowest BCUT2D eigenvalue weighted by atomic mass is 10.0. The van der Waals surface area contributed by atoms with Gasteiger partial charge in [0.15, 0.2) is 0 Å². The van der Waals surface area contributed by atoms with Crippen molar-refractivity contribution in [1.82, 2.24) is 10.2 Å². The van der Waals surface area contributed by atoms with Crippen molar-refractivity contribution in [1.29, 1.82) is 0 Å². The van der Waals surface area contributed by atoms with Crippen molar-refractivity contribution in [2.75, 3.05) is 24.2 Å². The molecule has 1 saturated heterocycles. The second-order valence-corrected chi connectivity index (χ2v) is 7.79. The number of thioether (sulfide) groups is 1. The van der Waals surface area contributed by atoms with Gasteiger partial charge in [0.25, 0.3) is 0 Å². The Morgan fingerprint density at radius 2 is 2.17 bits per heavy atom. The zero-order chi connectivity index (χ0) is 17.1. The van der Waals surface area contributed by atoms with Crippen LogP contribution < -0.4 is 10.6 Å². The molecule has 2 aliphatic heterocycles. The lowest BCUT2D eigenvalue weighted by molar-refractivity contribution is -0.119. The van der Waals surface area contributed by atoms with E-state index in [1.54, 1.807) is 0 Å². The van der Waals surface area contributed by atoms with Crippen LogP contribution in [0.5, 0.6) is 0 Å². The monoisotopic (exact) mass is 363 g/mol. The highest BCUT2D eigenvalue weighted by atomic mass is 32.2. The number of carbonyl (C=O) groups excluding carboxylic acids is 2. The molecule has 1 fully saturated rings. The Labute approximate surface area is 151 Å². The minimum atomic E-state index is -0.0977. The van der Waals surface area contributed by atoms with Crippen LogP contribution in [0, 0.1) is 0 Å². The normalized spacial score (nSPS) is 17.4. The zero-order valence-corrected chi connectivity index (χ0v) is 15.3. The molecule has 2 N–H and O–H groups in total. The summed E-state index contributed by atoms with van der Waals surface area (Å²) in [5.74, 6) is 0.333. The van der Waals surface area contributed by atoms with Gasteiger partial charge in [-0.15, -0.1) is 0 Å². The van der Waals surface area contributed by atoms with E-state index in [1.807, 2.05) is 25.1 Å². The fourth-order valence-electron chi connectivity index (χ4n) is 3.00. The van der Waals surface area contributed by atoms with Crippen molar-refractivity contribution in [2.24, 2.45) is 0 Å². The third-order valence-corrected chi connectivity index (χ3v) is 5.85. The van der Waals surface area contributed by atoms with Crippen molar-refractivity contribution in [3.05, 3.63) is 29.3 Å². The quantitative estimate of drug-likeness (QED) is 0.805. The lowest BCUT2D eigenvalue weighted by Crippen LogP contribution is -2.30. The van der Waals surface area contributed by atoms with E-state index in [-0.39, 0.29) is 17.9 Å². The molecule has 2 heterocycles. The first-order chi connectivity index (χ1) is 11.5. The molecule has 5 nitrogen and oxygen atoms in total. The topological polar surface area (TPSA) is 61.4 Å². The molecule has 24 heavy (non-hydrogen) atoms. The molecule has 3 rings (SSSR count). The molecule has 1 aromatic rings. The molecule has 2 aliphatic rings. The average Bonchev–Trinajstić information content (AvgIpc) is 3.20. The Hall–Kier alpha value is -1.60. The van der Waals surface area contributed by atoms with Gasteiger partial charge in [0, 0.05) is 18.8 Å². The van der Waals surface area contributed by atoms with E-state index in [1.165, 1.54) is 24.6 Å². The SMILES string of the molecule is CC(NC(=O)CSC(=S)N1CCCC1)c1ccc2c(c1)CC(=O)N2. The van der Waals surface area contributed by atoms with Gasteiger partial charge in [-0.25, -0.2) is 0 Å². The van der Waals surface area contributed by atoms with E-state index in [0.717, 1.165) is 34.2 Å². The maximum absolute atomic E-state index is 12.2. The molecule has 128 valence electrons. The van der Waals surface area contributed by atoms with Gasteiger partial charge >= 0.3 is 0 Å². The second kappa shape index (κ2) is 7.53. The number of thiocarbonyl (C=S) groups is 1. The molecule has 1 atom stereocenters. The molecular formula is C17H21N3O2S2. The van der Waals surface area contributed by atoms with Crippen molar-refractivity contribution in [3.8, 4) is 0 Å². The van der Waals surface area contributed by atoms with Gasteiger partial charge in [0.2, 0.25) is 11.8 Å². The minimum absolute atomic E-state index is 0.0191. The summed E-state index contributed by atoms with van der Waals surface area (Å²) in [6.45, 7) is 3.96. The largest absolute Gasteiger partial charge is 0.358 e. The number of fused-ring (bicyclic) bond motifs is 1. The lowest BCUT2D eigenvalue weighted by Gasteiger charge is -2.18. The zero-order valence-electron chi connectivity index (χ0n) is 13.6. The number of hydrogen-bond acceptors (Lipinski definition) is 4. The highest BCUT2D eigenvalue weighted by Gasteiger charge is 2.20. The van der Waals surface area contributed by atoms with Crippen LogP contribution in [0.3, 0.4) is 0 Å². The fraction of sp³-hybridized carbons (Fsp3) is 0.471. The Balaban J connectivity index is 1.50. The molecule has 1 unspecified atom stereocenters. The Morgan fingerprint density at radius 3 is 2.92 bits per heavy atom. The highest BCUT2D eigenvalue weighted by molar-refractivity contribution is 8.23. The van der Waals surface area contributed by atoms with Crippen LogP contribution in [0.2, 0.25) is 0 Å². The van der Waals surface area contributed by atoms with Gasteiger partial charge < -0.3 is 15.5 Å². The van der Waals surface area contributed by atoms with Gasteiger partial charge in [0.1, 0.15) is 4.32 Å². The van der Waals surface area contributed by atoms with Crippen LogP contribution >= 0.6 is 24.0 Å². The number of nitrogens with one attached hydrogen (secondary N) is 2. The van der Waals surface area contributed by atoms with Gasteiger partial charge in [-0.1, -0.05) is 36.1 Å². The van der Waals surface area contributed by atoms with Gasteiger partial charge in [-0.2, -0.15) is 0 Å². The molecule has 0 aliphatic carbocycles. The summed E-state index contributed by atoms with van der Waals surface area (Å²) in [5, 5.41) is 5.82. The third kappa shape index (κ3) is 4.08. The first-order valence-electron chi connectivity index (χ1n) is 8.16. The van der Waals surface area contributed by atoms with Crippen molar-refractivity contribution in [3.63, 3.8) is 0 Å². The molecule has 0 bridgehead atoms. The minimum Gasteiger partial charge on any atom is -0.358 e. The molecule has 1 aromatic carbocycles. The van der Waals surface area contributed by atoms with E-state index < -0.39 is 0 Å². The molecule has 0 saturated carbocycles. The van der Waals surface area contributed by atoms with Gasteiger partial charge in [-0.3, -0.25) is 9.59 Å². The third-order valence-electron chi connectivity index (χ3n) is 4.32. The molecule has 2 amide bonds. The van der Waals surface area contributed by atoms with Crippen LogP contribution in [0.15, 0.2) is 18.2 Å². The standard InChI is InChI=1S/C17H21N3O2S2/c1-11(12-4-5-14-13(8-12)9-15(21)19-14)18-16(22)10-24-17(23)20-6-2-3-7-20/h4-5,8,11H,2-3,6-7,9-10H2,1H3,(H,18,22)(H,19,21). The summed E-state index contributed by atoms with van der Waals surface area (Å²) in [7, 11) is 0. The molecule has 7 heteroatoms.